The van der Waals surface area contributed by atoms with Gasteiger partial charge in [-0.25, -0.2) is 4.79 Å². The SMILES string of the molecule is O=C(NCCC#Cc1ccc2ccccc2c1O)OCc1ccccc1. The van der Waals surface area contributed by atoms with Crippen molar-refractivity contribution in [2.24, 2.45) is 0 Å². The van der Waals surface area contributed by atoms with E-state index in [4.69, 9.17) is 4.74 Å². The van der Waals surface area contributed by atoms with Gasteiger partial charge in [0.05, 0.1) is 5.56 Å². The van der Waals surface area contributed by atoms with Crippen molar-refractivity contribution in [2.75, 3.05) is 6.54 Å². The third-order valence-corrected chi connectivity index (χ3v) is 3.86. The molecule has 4 nitrogen and oxygen atoms in total. The van der Waals surface area contributed by atoms with Crippen LogP contribution in [0.3, 0.4) is 0 Å². The lowest BCUT2D eigenvalue weighted by Crippen LogP contribution is -2.24. The first-order valence-corrected chi connectivity index (χ1v) is 8.38. The van der Waals surface area contributed by atoms with Gasteiger partial charge in [-0.1, -0.05) is 72.5 Å². The van der Waals surface area contributed by atoms with Crippen molar-refractivity contribution in [1.29, 1.82) is 0 Å². The molecule has 0 heterocycles. The molecule has 3 aromatic rings. The number of phenolic OH excluding ortho intramolecular Hbond substituents is 1. The van der Waals surface area contributed by atoms with Crippen LogP contribution in [0.1, 0.15) is 17.5 Å². The fourth-order valence-corrected chi connectivity index (χ4v) is 2.51. The number of carbonyl (C=O) groups excluding carboxylic acids is 1. The highest BCUT2D eigenvalue weighted by Gasteiger charge is 2.03. The summed E-state index contributed by atoms with van der Waals surface area (Å²) in [5.74, 6) is 6.09. The number of aromatic hydroxyl groups is 1. The van der Waals surface area contributed by atoms with E-state index in [-0.39, 0.29) is 12.4 Å². The number of nitrogens with one attached hydrogen (secondary N) is 1. The molecule has 0 atom stereocenters. The first-order valence-electron chi connectivity index (χ1n) is 8.38. The predicted molar refractivity (Wildman–Crippen MR) is 102 cm³/mol. The van der Waals surface area contributed by atoms with Gasteiger partial charge in [-0.05, 0) is 17.0 Å². The highest BCUT2D eigenvalue weighted by atomic mass is 16.5. The van der Waals surface area contributed by atoms with Crippen molar-refractivity contribution in [2.45, 2.75) is 13.0 Å². The number of alkyl carbamates (subject to hydrolysis) is 1. The van der Waals surface area contributed by atoms with Crippen LogP contribution in [0, 0.1) is 11.8 Å². The maximum atomic E-state index is 11.6. The summed E-state index contributed by atoms with van der Waals surface area (Å²) in [6.45, 7) is 0.623. The quantitative estimate of drug-likeness (QED) is 0.550. The van der Waals surface area contributed by atoms with Crippen LogP contribution < -0.4 is 5.32 Å². The monoisotopic (exact) mass is 345 g/mol. The third-order valence-electron chi connectivity index (χ3n) is 3.86. The average Bonchev–Trinajstić information content (AvgIpc) is 2.69. The minimum Gasteiger partial charge on any atom is -0.506 e. The fraction of sp³-hybridized carbons (Fsp3) is 0.136. The smallest absolute Gasteiger partial charge is 0.407 e. The standard InChI is InChI=1S/C22H19NO3/c24-21-19(14-13-18-10-4-5-12-20(18)21)11-6-7-15-23-22(25)26-16-17-8-2-1-3-9-17/h1-5,8-10,12-14,24H,7,15-16H2,(H,23,25). The maximum Gasteiger partial charge on any atom is 0.407 e. The second-order valence-electron chi connectivity index (χ2n) is 5.72. The minimum absolute atomic E-state index is 0.186. The molecule has 0 aromatic heterocycles. The summed E-state index contributed by atoms with van der Waals surface area (Å²) in [4.78, 5) is 11.6. The molecule has 130 valence electrons. The van der Waals surface area contributed by atoms with E-state index in [1.54, 1.807) is 6.07 Å². The van der Waals surface area contributed by atoms with Crippen molar-refractivity contribution >= 4 is 16.9 Å². The lowest BCUT2D eigenvalue weighted by atomic mass is 10.1. The molecule has 0 saturated carbocycles. The van der Waals surface area contributed by atoms with Crippen LogP contribution in [0.25, 0.3) is 10.8 Å². The fourth-order valence-electron chi connectivity index (χ4n) is 2.51. The number of ether oxygens (including phenoxy) is 1. The molecule has 0 fully saturated rings. The molecule has 4 heteroatoms. The molecule has 1 amide bonds. The second-order valence-corrected chi connectivity index (χ2v) is 5.72. The van der Waals surface area contributed by atoms with Gasteiger partial charge in [0.15, 0.2) is 0 Å². The van der Waals surface area contributed by atoms with Crippen molar-refractivity contribution in [3.8, 4) is 17.6 Å². The third kappa shape index (κ3) is 4.55. The van der Waals surface area contributed by atoms with E-state index >= 15 is 0 Å². The van der Waals surface area contributed by atoms with Crippen LogP contribution >= 0.6 is 0 Å². The van der Waals surface area contributed by atoms with E-state index in [2.05, 4.69) is 17.2 Å². The Hall–Kier alpha value is -3.45. The van der Waals surface area contributed by atoms with Gasteiger partial charge in [0, 0.05) is 18.4 Å². The first kappa shape index (κ1) is 17.4. The van der Waals surface area contributed by atoms with Crippen LogP contribution in [0.2, 0.25) is 0 Å². The van der Waals surface area contributed by atoms with E-state index in [9.17, 15) is 9.90 Å². The Labute approximate surface area is 152 Å². The van der Waals surface area contributed by atoms with E-state index < -0.39 is 6.09 Å². The van der Waals surface area contributed by atoms with Gasteiger partial charge in [0.2, 0.25) is 0 Å². The summed E-state index contributed by atoms with van der Waals surface area (Å²) < 4.78 is 5.12. The molecular formula is C22H19NO3. The van der Waals surface area contributed by atoms with Crippen LogP contribution in [0.5, 0.6) is 5.75 Å². The predicted octanol–water partition coefficient (Wildman–Crippen LogP) is 4.21. The Bertz CT molecular complexity index is 955. The molecule has 0 aliphatic carbocycles. The van der Waals surface area contributed by atoms with Gasteiger partial charge in [0.25, 0.3) is 0 Å². The van der Waals surface area contributed by atoms with E-state index in [1.807, 2.05) is 60.7 Å². The molecule has 0 aliphatic rings. The zero-order chi connectivity index (χ0) is 18.2. The summed E-state index contributed by atoms with van der Waals surface area (Å²) in [7, 11) is 0. The Morgan fingerprint density at radius 2 is 1.77 bits per heavy atom. The van der Waals surface area contributed by atoms with Crippen molar-refractivity contribution in [3.63, 3.8) is 0 Å². The lowest BCUT2D eigenvalue weighted by Gasteiger charge is -2.05. The van der Waals surface area contributed by atoms with Crippen molar-refractivity contribution in [1.82, 2.24) is 5.32 Å². The Morgan fingerprint density at radius 3 is 2.62 bits per heavy atom. The van der Waals surface area contributed by atoms with Gasteiger partial charge < -0.3 is 15.2 Å². The van der Waals surface area contributed by atoms with Gasteiger partial charge in [0.1, 0.15) is 12.4 Å². The average molecular weight is 345 g/mol. The van der Waals surface area contributed by atoms with E-state index in [1.165, 1.54) is 0 Å². The molecule has 0 spiro atoms. The van der Waals surface area contributed by atoms with Gasteiger partial charge >= 0.3 is 6.09 Å². The molecule has 0 bridgehead atoms. The number of fused-ring (bicyclic) bond motifs is 1. The summed E-state index contributed by atoms with van der Waals surface area (Å²) in [6.07, 6.45) is -0.00334. The number of hydrogen-bond acceptors (Lipinski definition) is 3. The number of benzene rings is 3. The van der Waals surface area contributed by atoms with Crippen molar-refractivity contribution < 1.29 is 14.6 Å². The molecule has 2 N–H and O–H groups in total. The maximum absolute atomic E-state index is 11.6. The molecule has 26 heavy (non-hydrogen) atoms. The van der Waals surface area contributed by atoms with Gasteiger partial charge in [-0.2, -0.15) is 0 Å². The topological polar surface area (TPSA) is 58.6 Å². The molecule has 0 radical (unpaired) electrons. The Morgan fingerprint density at radius 1 is 1.00 bits per heavy atom. The number of phenols is 1. The zero-order valence-electron chi connectivity index (χ0n) is 14.2. The highest BCUT2D eigenvalue weighted by molar-refractivity contribution is 5.90. The second kappa shape index (κ2) is 8.59. The number of carbonyl (C=O) groups is 1. The Kier molecular flexibility index (Phi) is 5.74. The van der Waals surface area contributed by atoms with Crippen LogP contribution in [-0.4, -0.2) is 17.7 Å². The highest BCUT2D eigenvalue weighted by Crippen LogP contribution is 2.27. The molecular weight excluding hydrogens is 326 g/mol. The molecule has 3 rings (SSSR count). The van der Waals surface area contributed by atoms with Gasteiger partial charge in [-0.15, -0.1) is 0 Å². The Balaban J connectivity index is 1.47. The van der Waals surface area contributed by atoms with E-state index in [0.717, 1.165) is 16.3 Å². The van der Waals surface area contributed by atoms with Crippen LogP contribution in [-0.2, 0) is 11.3 Å². The zero-order valence-corrected chi connectivity index (χ0v) is 14.2. The molecule has 0 saturated heterocycles. The molecule has 0 aliphatic heterocycles. The van der Waals surface area contributed by atoms with E-state index in [0.29, 0.717) is 18.5 Å². The number of hydrogen-bond donors (Lipinski definition) is 2. The summed E-state index contributed by atoms with van der Waals surface area (Å²) >= 11 is 0. The normalized spacial score (nSPS) is 10.0. The van der Waals surface area contributed by atoms with Crippen LogP contribution in [0.4, 0.5) is 4.79 Å². The lowest BCUT2D eigenvalue weighted by molar-refractivity contribution is 0.140. The summed E-state index contributed by atoms with van der Waals surface area (Å²) in [5.41, 5.74) is 1.52. The van der Waals surface area contributed by atoms with Crippen molar-refractivity contribution in [3.05, 3.63) is 77.9 Å². The van der Waals surface area contributed by atoms with Crippen LogP contribution in [0.15, 0.2) is 66.7 Å². The summed E-state index contributed by atoms with van der Waals surface area (Å²) in [5, 5.41) is 14.7. The molecule has 3 aromatic carbocycles. The summed E-state index contributed by atoms with van der Waals surface area (Å²) in [6, 6.07) is 20.8. The van der Waals surface area contributed by atoms with Gasteiger partial charge in [-0.3, -0.25) is 0 Å². The number of amides is 1. The minimum atomic E-state index is -0.468. The molecule has 0 unspecified atom stereocenters. The largest absolute Gasteiger partial charge is 0.506 e. The first-order chi connectivity index (χ1) is 12.7. The number of rotatable bonds is 4.